The molecular formula is C28H30F2N8O2. The van der Waals surface area contributed by atoms with Gasteiger partial charge in [-0.15, -0.1) is 0 Å². The van der Waals surface area contributed by atoms with Gasteiger partial charge in [-0.3, -0.25) is 9.48 Å². The zero-order valence-electron chi connectivity index (χ0n) is 22.3. The fraction of sp³-hybridized carbons (Fsp3) is 0.286. The van der Waals surface area contributed by atoms with Crippen molar-refractivity contribution in [2.45, 2.75) is 20.1 Å². The number of halogens is 2. The normalized spacial score (nSPS) is 14.0. The quantitative estimate of drug-likeness (QED) is 0.290. The first-order valence-electron chi connectivity index (χ1n) is 12.9. The molecule has 1 fully saturated rings. The molecule has 10 nitrogen and oxygen atoms in total. The molecule has 0 bridgehead atoms. The first-order chi connectivity index (χ1) is 19.3. The number of alkyl halides is 2. The zero-order valence-corrected chi connectivity index (χ0v) is 22.3. The zero-order chi connectivity index (χ0) is 28.2. The largest absolute Gasteiger partial charge is 0.433 e. The Morgan fingerprint density at radius 3 is 2.65 bits per heavy atom. The molecule has 0 radical (unpaired) electrons. The lowest BCUT2D eigenvalue weighted by Crippen LogP contribution is -2.44. The number of benzene rings is 2. The van der Waals surface area contributed by atoms with Gasteiger partial charge in [-0.1, -0.05) is 12.6 Å². The Hall–Kier alpha value is -4.58. The number of nitrogens with one attached hydrogen (secondary N) is 2. The molecule has 1 aliphatic rings. The van der Waals surface area contributed by atoms with Crippen LogP contribution in [0.4, 0.5) is 31.7 Å². The van der Waals surface area contributed by atoms with E-state index in [-0.39, 0.29) is 11.4 Å². The fourth-order valence-corrected chi connectivity index (χ4v) is 4.67. The third-order valence-electron chi connectivity index (χ3n) is 6.77. The van der Waals surface area contributed by atoms with E-state index >= 15 is 0 Å². The van der Waals surface area contributed by atoms with Crippen molar-refractivity contribution in [3.8, 4) is 17.0 Å². The molecule has 12 heteroatoms. The summed E-state index contributed by atoms with van der Waals surface area (Å²) in [6, 6.07) is 10.7. The molecule has 0 aliphatic carbocycles. The molecule has 5 rings (SSSR count). The molecule has 40 heavy (non-hydrogen) atoms. The molecule has 1 amide bonds. The van der Waals surface area contributed by atoms with E-state index in [1.165, 1.54) is 12.4 Å². The average Bonchev–Trinajstić information content (AvgIpc) is 3.37. The van der Waals surface area contributed by atoms with Crippen LogP contribution in [-0.2, 0) is 11.3 Å². The SMILES string of the molecule is C=CC(=O)Nc1cc(Nc2cc(-c3ccc4c(cnn4CC)c3)ncn2)c(OC(F)F)cc1N1CCN(C)CC1. The second-order valence-corrected chi connectivity index (χ2v) is 9.38. The maximum atomic E-state index is 13.5. The van der Waals surface area contributed by atoms with Crippen molar-refractivity contribution >= 4 is 39.7 Å². The number of hydrogen-bond acceptors (Lipinski definition) is 8. The minimum Gasteiger partial charge on any atom is -0.433 e. The number of rotatable bonds is 9. The van der Waals surface area contributed by atoms with E-state index in [1.807, 2.05) is 41.8 Å². The van der Waals surface area contributed by atoms with Crippen LogP contribution in [0.15, 0.2) is 61.6 Å². The van der Waals surface area contributed by atoms with E-state index in [9.17, 15) is 13.6 Å². The van der Waals surface area contributed by atoms with Crippen molar-refractivity contribution in [1.82, 2.24) is 24.6 Å². The summed E-state index contributed by atoms with van der Waals surface area (Å²) in [7, 11) is 2.02. The van der Waals surface area contributed by atoms with Crippen LogP contribution in [0.3, 0.4) is 0 Å². The third-order valence-corrected chi connectivity index (χ3v) is 6.77. The summed E-state index contributed by atoms with van der Waals surface area (Å²) in [6.07, 6.45) is 4.35. The first kappa shape index (κ1) is 27.0. The summed E-state index contributed by atoms with van der Waals surface area (Å²) in [5.41, 5.74) is 3.72. The highest BCUT2D eigenvalue weighted by Crippen LogP contribution is 2.40. The topological polar surface area (TPSA) is 100 Å². The second kappa shape index (κ2) is 11.7. The lowest BCUT2D eigenvalue weighted by atomic mass is 10.1. The van der Waals surface area contributed by atoms with Crippen LogP contribution in [0.1, 0.15) is 6.92 Å². The van der Waals surface area contributed by atoms with Gasteiger partial charge in [0.2, 0.25) is 5.91 Å². The van der Waals surface area contributed by atoms with E-state index in [0.29, 0.717) is 36.0 Å². The number of hydrogen-bond donors (Lipinski definition) is 2. The molecule has 1 aliphatic heterocycles. The predicted octanol–water partition coefficient (Wildman–Crippen LogP) is 4.73. The molecule has 1 saturated heterocycles. The summed E-state index contributed by atoms with van der Waals surface area (Å²) in [4.78, 5) is 25.1. The van der Waals surface area contributed by atoms with E-state index < -0.39 is 12.5 Å². The number of nitrogens with zero attached hydrogens (tertiary/aromatic N) is 6. The van der Waals surface area contributed by atoms with Crippen LogP contribution in [0, 0.1) is 0 Å². The molecule has 208 valence electrons. The maximum absolute atomic E-state index is 13.5. The van der Waals surface area contributed by atoms with Gasteiger partial charge >= 0.3 is 6.61 Å². The van der Waals surface area contributed by atoms with Gasteiger partial charge in [0.05, 0.1) is 34.5 Å². The van der Waals surface area contributed by atoms with Crippen LogP contribution in [0.2, 0.25) is 0 Å². The molecule has 0 spiro atoms. The molecule has 4 aromatic rings. The molecule has 0 unspecified atom stereocenters. The highest BCUT2D eigenvalue weighted by atomic mass is 19.3. The van der Waals surface area contributed by atoms with Gasteiger partial charge < -0.3 is 25.2 Å². The van der Waals surface area contributed by atoms with Gasteiger partial charge in [0.1, 0.15) is 12.1 Å². The minimum atomic E-state index is -3.05. The van der Waals surface area contributed by atoms with Gasteiger partial charge in [0, 0.05) is 55.8 Å². The monoisotopic (exact) mass is 548 g/mol. The van der Waals surface area contributed by atoms with Gasteiger partial charge in [0.25, 0.3) is 0 Å². The number of fused-ring (bicyclic) bond motifs is 1. The van der Waals surface area contributed by atoms with Crippen LogP contribution in [-0.4, -0.2) is 70.4 Å². The number of carbonyl (C=O) groups excluding carboxylic acids is 1. The summed E-state index contributed by atoms with van der Waals surface area (Å²) >= 11 is 0. The lowest BCUT2D eigenvalue weighted by molar-refractivity contribution is -0.111. The van der Waals surface area contributed by atoms with Crippen LogP contribution >= 0.6 is 0 Å². The number of amides is 1. The highest BCUT2D eigenvalue weighted by molar-refractivity contribution is 6.02. The standard InChI is InChI=1S/C28H30F2N8O2/c1-4-27(39)35-21-13-22(25(40-28(29)30)15-24(21)37-10-8-36(3)9-11-37)34-26-14-20(31-17-32-26)18-6-7-23-19(12-18)16-33-38(23)5-2/h4,6-7,12-17,28H,1,5,8-11H2,2-3H3,(H,35,39)(H,31,32,34). The van der Waals surface area contributed by atoms with Gasteiger partial charge in [-0.05, 0) is 38.2 Å². The Kier molecular flexibility index (Phi) is 7.87. The Balaban J connectivity index is 1.50. The molecular weight excluding hydrogens is 518 g/mol. The van der Waals surface area contributed by atoms with Crippen molar-refractivity contribution in [3.63, 3.8) is 0 Å². The summed E-state index contributed by atoms with van der Waals surface area (Å²) in [6.45, 7) is 6.15. The summed E-state index contributed by atoms with van der Waals surface area (Å²) < 4.78 is 33.8. The predicted molar refractivity (Wildman–Crippen MR) is 151 cm³/mol. The van der Waals surface area contributed by atoms with Gasteiger partial charge in [-0.2, -0.15) is 13.9 Å². The van der Waals surface area contributed by atoms with Gasteiger partial charge in [-0.25, -0.2) is 9.97 Å². The molecule has 2 N–H and O–H groups in total. The average molecular weight is 549 g/mol. The van der Waals surface area contributed by atoms with Crippen molar-refractivity contribution in [3.05, 3.63) is 61.6 Å². The number of aromatic nitrogens is 4. The number of carbonyl (C=O) groups is 1. The second-order valence-electron chi connectivity index (χ2n) is 9.38. The summed E-state index contributed by atoms with van der Waals surface area (Å²) in [5.74, 6) is -0.133. The third kappa shape index (κ3) is 5.86. The van der Waals surface area contributed by atoms with Crippen molar-refractivity contribution in [1.29, 1.82) is 0 Å². The van der Waals surface area contributed by atoms with E-state index in [1.54, 1.807) is 18.3 Å². The molecule has 0 atom stereocenters. The van der Waals surface area contributed by atoms with Crippen LogP contribution in [0.5, 0.6) is 5.75 Å². The molecule has 2 aromatic carbocycles. The number of aryl methyl sites for hydroxylation is 1. The lowest BCUT2D eigenvalue weighted by Gasteiger charge is -2.35. The number of ether oxygens (including phenoxy) is 1. The minimum absolute atomic E-state index is 0.0749. The van der Waals surface area contributed by atoms with Crippen molar-refractivity contribution in [2.75, 3.05) is 48.8 Å². The smallest absolute Gasteiger partial charge is 0.387 e. The fourth-order valence-electron chi connectivity index (χ4n) is 4.67. The Labute approximate surface area is 230 Å². The Bertz CT molecular complexity index is 1530. The summed E-state index contributed by atoms with van der Waals surface area (Å²) in [5, 5.41) is 11.2. The molecule has 0 saturated carbocycles. The number of likely N-dealkylation sites (N-methyl/N-ethyl adjacent to an activating group) is 1. The van der Waals surface area contributed by atoms with Gasteiger partial charge in [0.15, 0.2) is 5.75 Å². The Morgan fingerprint density at radius 1 is 1.12 bits per heavy atom. The maximum Gasteiger partial charge on any atom is 0.387 e. The Morgan fingerprint density at radius 2 is 1.93 bits per heavy atom. The van der Waals surface area contributed by atoms with Crippen molar-refractivity contribution < 1.29 is 18.3 Å². The number of anilines is 4. The first-order valence-corrected chi connectivity index (χ1v) is 12.9. The van der Waals surface area contributed by atoms with E-state index in [2.05, 4.69) is 37.2 Å². The van der Waals surface area contributed by atoms with E-state index in [4.69, 9.17) is 4.74 Å². The van der Waals surface area contributed by atoms with Crippen LogP contribution < -0.4 is 20.3 Å². The molecule has 2 aromatic heterocycles. The van der Waals surface area contributed by atoms with Crippen LogP contribution in [0.25, 0.3) is 22.2 Å². The molecule has 3 heterocycles. The van der Waals surface area contributed by atoms with E-state index in [0.717, 1.165) is 42.2 Å². The number of piperazine rings is 1. The van der Waals surface area contributed by atoms with Crippen molar-refractivity contribution in [2.24, 2.45) is 0 Å². The highest BCUT2D eigenvalue weighted by Gasteiger charge is 2.22.